The topological polar surface area (TPSA) is 44.0 Å². The van der Waals surface area contributed by atoms with E-state index < -0.39 is 5.41 Å². The molecule has 1 N–H and O–H groups in total. The average molecular weight is 189 g/mol. The van der Waals surface area contributed by atoms with Gasteiger partial charge in [0.2, 0.25) is 0 Å². The molecule has 1 aromatic rings. The van der Waals surface area contributed by atoms with Gasteiger partial charge in [-0.1, -0.05) is 12.1 Å². The van der Waals surface area contributed by atoms with Gasteiger partial charge in [0.15, 0.2) is 0 Å². The molecule has 0 saturated carbocycles. The van der Waals surface area contributed by atoms with E-state index in [0.717, 1.165) is 16.7 Å². The molecule has 0 radical (unpaired) electrons. The summed E-state index contributed by atoms with van der Waals surface area (Å²) in [5.41, 5.74) is 2.10. The molecule has 0 aliphatic rings. The number of hydrogen-bond donors (Lipinski definition) is 1. The van der Waals surface area contributed by atoms with Crippen molar-refractivity contribution in [2.45, 2.75) is 33.1 Å². The van der Waals surface area contributed by atoms with Gasteiger partial charge < -0.3 is 5.11 Å². The third-order valence-electron chi connectivity index (χ3n) is 2.49. The minimum atomic E-state index is -0.497. The molecular weight excluding hydrogens is 174 g/mol. The van der Waals surface area contributed by atoms with Gasteiger partial charge in [0.25, 0.3) is 0 Å². The predicted octanol–water partition coefficient (Wildman–Crippen LogP) is 2.81. The normalized spacial score (nSPS) is 11.1. The van der Waals surface area contributed by atoms with Crippen LogP contribution in [0.1, 0.15) is 30.5 Å². The molecule has 0 aromatic heterocycles. The van der Waals surface area contributed by atoms with E-state index in [9.17, 15) is 5.11 Å². The molecule has 0 aliphatic carbocycles. The molecule has 2 heteroatoms. The Labute approximate surface area is 84.8 Å². The van der Waals surface area contributed by atoms with Crippen LogP contribution in [-0.4, -0.2) is 5.11 Å². The third-order valence-corrected chi connectivity index (χ3v) is 2.49. The summed E-state index contributed by atoms with van der Waals surface area (Å²) in [6.07, 6.45) is 0. The molecule has 0 spiro atoms. The number of hydrogen-bond acceptors (Lipinski definition) is 2. The Morgan fingerprint density at radius 3 is 2.00 bits per heavy atom. The first-order valence-corrected chi connectivity index (χ1v) is 4.60. The summed E-state index contributed by atoms with van der Waals surface area (Å²) >= 11 is 0. The number of phenolic OH excluding ortho intramolecular Hbond substituents is 1. The van der Waals surface area contributed by atoms with Gasteiger partial charge in [-0.3, -0.25) is 0 Å². The molecule has 0 aliphatic heterocycles. The summed E-state index contributed by atoms with van der Waals surface area (Å²) in [5.74, 6) is 0.322. The average Bonchev–Trinajstić information content (AvgIpc) is 2.13. The first kappa shape index (κ1) is 10.6. The Bertz CT molecular complexity index is 376. The lowest BCUT2D eigenvalue weighted by Gasteiger charge is -2.18. The van der Waals surface area contributed by atoms with Crippen molar-refractivity contribution in [1.29, 1.82) is 5.26 Å². The van der Waals surface area contributed by atoms with Gasteiger partial charge in [-0.15, -0.1) is 0 Å². The SMILES string of the molecule is Cc1cc(C(C)(C)C#N)cc(C)c1O. The van der Waals surface area contributed by atoms with Crippen molar-refractivity contribution in [3.8, 4) is 11.8 Å². The van der Waals surface area contributed by atoms with Crippen LogP contribution < -0.4 is 0 Å². The fourth-order valence-electron chi connectivity index (χ4n) is 1.38. The maximum Gasteiger partial charge on any atom is 0.121 e. The summed E-state index contributed by atoms with van der Waals surface area (Å²) in [7, 11) is 0. The van der Waals surface area contributed by atoms with Crippen LogP contribution in [0.15, 0.2) is 12.1 Å². The van der Waals surface area contributed by atoms with E-state index in [4.69, 9.17) is 5.26 Å². The molecule has 74 valence electrons. The first-order valence-electron chi connectivity index (χ1n) is 4.60. The monoisotopic (exact) mass is 189 g/mol. The van der Waals surface area contributed by atoms with Gasteiger partial charge in [-0.05, 0) is 44.4 Å². The summed E-state index contributed by atoms with van der Waals surface area (Å²) in [6, 6.07) is 5.98. The smallest absolute Gasteiger partial charge is 0.121 e. The lowest BCUT2D eigenvalue weighted by molar-refractivity contribution is 0.466. The van der Waals surface area contributed by atoms with Crippen LogP contribution >= 0.6 is 0 Å². The highest BCUT2D eigenvalue weighted by atomic mass is 16.3. The highest BCUT2D eigenvalue weighted by Gasteiger charge is 2.21. The second-order valence-corrected chi connectivity index (χ2v) is 4.20. The van der Waals surface area contributed by atoms with Gasteiger partial charge in [-0.2, -0.15) is 5.26 Å². The van der Waals surface area contributed by atoms with Crippen LogP contribution in [0.2, 0.25) is 0 Å². The zero-order valence-electron chi connectivity index (χ0n) is 9.05. The minimum absolute atomic E-state index is 0.322. The second kappa shape index (κ2) is 3.34. The molecular formula is C12H15NO. The van der Waals surface area contributed by atoms with Gasteiger partial charge in [0.05, 0.1) is 11.5 Å². The fraction of sp³-hybridized carbons (Fsp3) is 0.417. The number of nitriles is 1. The van der Waals surface area contributed by atoms with Crippen LogP contribution in [0, 0.1) is 25.2 Å². The van der Waals surface area contributed by atoms with E-state index in [1.807, 2.05) is 39.8 Å². The number of rotatable bonds is 1. The molecule has 1 rings (SSSR count). The van der Waals surface area contributed by atoms with Gasteiger partial charge in [0.1, 0.15) is 5.75 Å². The van der Waals surface area contributed by atoms with E-state index in [-0.39, 0.29) is 0 Å². The molecule has 1 aromatic carbocycles. The Morgan fingerprint density at radius 1 is 1.21 bits per heavy atom. The molecule has 0 unspecified atom stereocenters. The molecule has 2 nitrogen and oxygen atoms in total. The second-order valence-electron chi connectivity index (χ2n) is 4.20. The van der Waals surface area contributed by atoms with Gasteiger partial charge in [0, 0.05) is 0 Å². The first-order chi connectivity index (χ1) is 6.38. The number of aryl methyl sites for hydroxylation is 2. The van der Waals surface area contributed by atoms with Gasteiger partial charge >= 0.3 is 0 Å². The molecule has 0 bridgehead atoms. The number of nitrogens with zero attached hydrogens (tertiary/aromatic N) is 1. The maximum absolute atomic E-state index is 9.59. The van der Waals surface area contributed by atoms with Gasteiger partial charge in [-0.25, -0.2) is 0 Å². The van der Waals surface area contributed by atoms with Crippen molar-refractivity contribution >= 4 is 0 Å². The molecule has 0 saturated heterocycles. The molecule has 14 heavy (non-hydrogen) atoms. The molecule has 0 atom stereocenters. The lowest BCUT2D eigenvalue weighted by atomic mass is 9.84. The van der Waals surface area contributed by atoms with E-state index in [0.29, 0.717) is 5.75 Å². The standard InChI is InChI=1S/C12H15NO/c1-8-5-10(12(3,4)7-13)6-9(2)11(8)14/h5-6,14H,1-4H3. The molecule has 0 fully saturated rings. The number of aromatic hydroxyl groups is 1. The third kappa shape index (κ3) is 1.72. The highest BCUT2D eigenvalue weighted by Crippen LogP contribution is 2.29. The summed E-state index contributed by atoms with van der Waals surface area (Å²) in [6.45, 7) is 7.44. The quantitative estimate of drug-likeness (QED) is 0.738. The van der Waals surface area contributed by atoms with E-state index >= 15 is 0 Å². The Kier molecular flexibility index (Phi) is 2.53. The Hall–Kier alpha value is -1.49. The van der Waals surface area contributed by atoms with E-state index in [2.05, 4.69) is 6.07 Å². The van der Waals surface area contributed by atoms with E-state index in [1.54, 1.807) is 0 Å². The fourth-order valence-corrected chi connectivity index (χ4v) is 1.38. The summed E-state index contributed by atoms with van der Waals surface area (Å²) in [5, 5.41) is 18.6. The highest BCUT2D eigenvalue weighted by molar-refractivity contribution is 5.45. The zero-order chi connectivity index (χ0) is 10.9. The van der Waals surface area contributed by atoms with E-state index in [1.165, 1.54) is 0 Å². The maximum atomic E-state index is 9.59. The summed E-state index contributed by atoms with van der Waals surface area (Å²) < 4.78 is 0. The Morgan fingerprint density at radius 2 is 1.64 bits per heavy atom. The largest absolute Gasteiger partial charge is 0.507 e. The van der Waals surface area contributed by atoms with Crippen LogP contribution in [0.3, 0.4) is 0 Å². The molecule has 0 amide bonds. The summed E-state index contributed by atoms with van der Waals surface area (Å²) in [4.78, 5) is 0. The van der Waals surface area contributed by atoms with Crippen molar-refractivity contribution in [1.82, 2.24) is 0 Å². The van der Waals surface area contributed by atoms with Crippen LogP contribution in [0.5, 0.6) is 5.75 Å². The van der Waals surface area contributed by atoms with Crippen molar-refractivity contribution in [2.24, 2.45) is 0 Å². The van der Waals surface area contributed by atoms with Crippen molar-refractivity contribution < 1.29 is 5.11 Å². The minimum Gasteiger partial charge on any atom is -0.507 e. The predicted molar refractivity (Wildman–Crippen MR) is 56.2 cm³/mol. The number of benzene rings is 1. The zero-order valence-corrected chi connectivity index (χ0v) is 9.05. The Balaban J connectivity index is 3.35. The van der Waals surface area contributed by atoms with Crippen molar-refractivity contribution in [2.75, 3.05) is 0 Å². The van der Waals surface area contributed by atoms with Crippen LogP contribution in [-0.2, 0) is 5.41 Å². The van der Waals surface area contributed by atoms with Crippen LogP contribution in [0.4, 0.5) is 0 Å². The van der Waals surface area contributed by atoms with Crippen molar-refractivity contribution in [3.05, 3.63) is 28.8 Å². The van der Waals surface area contributed by atoms with Crippen molar-refractivity contribution in [3.63, 3.8) is 0 Å². The molecule has 0 heterocycles. The lowest BCUT2D eigenvalue weighted by Crippen LogP contribution is -2.14. The number of phenols is 1. The van der Waals surface area contributed by atoms with Crippen LogP contribution in [0.25, 0.3) is 0 Å².